The zero-order valence-electron chi connectivity index (χ0n) is 13.5. The fraction of sp³-hybridized carbons (Fsp3) is 0.526. The Labute approximate surface area is 136 Å². The van der Waals surface area contributed by atoms with Gasteiger partial charge in [0.15, 0.2) is 0 Å². The molecule has 1 atom stereocenters. The van der Waals surface area contributed by atoms with Crippen molar-refractivity contribution in [3.63, 3.8) is 0 Å². The van der Waals surface area contributed by atoms with Gasteiger partial charge in [0.1, 0.15) is 0 Å². The Kier molecular flexibility index (Phi) is 4.08. The Hall–Kier alpha value is -1.81. The van der Waals surface area contributed by atoms with E-state index in [9.17, 15) is 4.79 Å². The lowest BCUT2D eigenvalue weighted by atomic mass is 10.0. The SMILES string of the molecule is O=C(NC[C@H]1CCCO1)c1cccc2c3c([nH]c12)CCCCC3. The third-order valence-corrected chi connectivity index (χ3v) is 5.14. The molecule has 2 aromatic rings. The summed E-state index contributed by atoms with van der Waals surface area (Å²) >= 11 is 0. The van der Waals surface area contributed by atoms with Gasteiger partial charge in [0.05, 0.1) is 17.2 Å². The number of para-hydroxylation sites is 1. The Morgan fingerprint density at radius 3 is 3.00 bits per heavy atom. The lowest BCUT2D eigenvalue weighted by molar-refractivity contribution is 0.0859. The highest BCUT2D eigenvalue weighted by Crippen LogP contribution is 2.30. The Bertz CT molecular complexity index is 713. The number of fused-ring (bicyclic) bond motifs is 3. The first-order chi connectivity index (χ1) is 11.3. The highest BCUT2D eigenvalue weighted by atomic mass is 16.5. The van der Waals surface area contributed by atoms with Crippen LogP contribution in [0.15, 0.2) is 18.2 Å². The van der Waals surface area contributed by atoms with E-state index in [2.05, 4.69) is 16.4 Å². The minimum Gasteiger partial charge on any atom is -0.376 e. The van der Waals surface area contributed by atoms with Crippen LogP contribution >= 0.6 is 0 Å². The van der Waals surface area contributed by atoms with Gasteiger partial charge in [0.25, 0.3) is 5.91 Å². The molecule has 0 unspecified atom stereocenters. The van der Waals surface area contributed by atoms with E-state index in [0.29, 0.717) is 6.54 Å². The van der Waals surface area contributed by atoms with Crippen molar-refractivity contribution in [3.05, 3.63) is 35.0 Å². The number of H-pyrrole nitrogens is 1. The molecule has 2 heterocycles. The van der Waals surface area contributed by atoms with Crippen molar-refractivity contribution in [3.8, 4) is 0 Å². The summed E-state index contributed by atoms with van der Waals surface area (Å²) in [5.74, 6) is 0.00232. The minimum absolute atomic E-state index is 0.00232. The molecule has 0 spiro atoms. The topological polar surface area (TPSA) is 54.1 Å². The Morgan fingerprint density at radius 2 is 2.13 bits per heavy atom. The van der Waals surface area contributed by atoms with Crippen molar-refractivity contribution in [2.24, 2.45) is 0 Å². The van der Waals surface area contributed by atoms with Crippen LogP contribution in [0.25, 0.3) is 10.9 Å². The molecule has 1 aromatic carbocycles. The number of aromatic amines is 1. The van der Waals surface area contributed by atoms with Crippen molar-refractivity contribution in [1.82, 2.24) is 10.3 Å². The number of carbonyl (C=O) groups excluding carboxylic acids is 1. The maximum Gasteiger partial charge on any atom is 0.253 e. The number of aromatic nitrogens is 1. The highest BCUT2D eigenvalue weighted by Gasteiger charge is 2.20. The van der Waals surface area contributed by atoms with Crippen molar-refractivity contribution >= 4 is 16.8 Å². The number of carbonyl (C=O) groups is 1. The molecule has 1 aromatic heterocycles. The first kappa shape index (κ1) is 14.8. The van der Waals surface area contributed by atoms with E-state index in [4.69, 9.17) is 4.74 Å². The average Bonchev–Trinajstić information content (AvgIpc) is 3.14. The molecule has 2 N–H and O–H groups in total. The van der Waals surface area contributed by atoms with Gasteiger partial charge in [-0.15, -0.1) is 0 Å². The molecule has 1 aliphatic carbocycles. The normalized spacial score (nSPS) is 21.1. The van der Waals surface area contributed by atoms with Crippen LogP contribution in [0.4, 0.5) is 0 Å². The molecular weight excluding hydrogens is 288 g/mol. The third kappa shape index (κ3) is 2.88. The van der Waals surface area contributed by atoms with Crippen LogP contribution in [0, 0.1) is 0 Å². The summed E-state index contributed by atoms with van der Waals surface area (Å²) in [5.41, 5.74) is 4.51. The monoisotopic (exact) mass is 312 g/mol. The fourth-order valence-corrected chi connectivity index (χ4v) is 3.90. The molecule has 4 heteroatoms. The van der Waals surface area contributed by atoms with Crippen LogP contribution < -0.4 is 5.32 Å². The number of rotatable bonds is 3. The summed E-state index contributed by atoms with van der Waals surface area (Å²) in [6.07, 6.45) is 8.32. The van der Waals surface area contributed by atoms with Crippen molar-refractivity contribution in [2.45, 2.75) is 51.0 Å². The first-order valence-corrected chi connectivity index (χ1v) is 8.85. The molecule has 1 fully saturated rings. The molecule has 4 rings (SSSR count). The zero-order chi connectivity index (χ0) is 15.6. The van der Waals surface area contributed by atoms with Crippen molar-refractivity contribution in [2.75, 3.05) is 13.2 Å². The molecule has 122 valence electrons. The Balaban J connectivity index is 1.60. The number of amides is 1. The summed E-state index contributed by atoms with van der Waals surface area (Å²) in [5, 5.41) is 4.27. The lowest BCUT2D eigenvalue weighted by Gasteiger charge is -2.11. The number of hydrogen-bond acceptors (Lipinski definition) is 2. The molecule has 23 heavy (non-hydrogen) atoms. The van der Waals surface area contributed by atoms with Gasteiger partial charge in [0.2, 0.25) is 0 Å². The number of benzene rings is 1. The maximum absolute atomic E-state index is 12.6. The maximum atomic E-state index is 12.6. The molecular formula is C19H24N2O2. The second-order valence-electron chi connectivity index (χ2n) is 6.72. The molecule has 0 bridgehead atoms. The van der Waals surface area contributed by atoms with Gasteiger partial charge in [-0.25, -0.2) is 0 Å². The number of aryl methyl sites for hydroxylation is 2. The number of hydrogen-bond donors (Lipinski definition) is 2. The van der Waals surface area contributed by atoms with Crippen LogP contribution in [-0.4, -0.2) is 30.1 Å². The summed E-state index contributed by atoms with van der Waals surface area (Å²) in [7, 11) is 0. The number of nitrogens with one attached hydrogen (secondary N) is 2. The van der Waals surface area contributed by atoms with Crippen LogP contribution in [0.1, 0.15) is 53.7 Å². The van der Waals surface area contributed by atoms with E-state index in [1.807, 2.05) is 12.1 Å². The van der Waals surface area contributed by atoms with Gasteiger partial charge in [0, 0.05) is 24.2 Å². The largest absolute Gasteiger partial charge is 0.376 e. The predicted octanol–water partition coefficient (Wildman–Crippen LogP) is 3.35. The quantitative estimate of drug-likeness (QED) is 0.854. The van der Waals surface area contributed by atoms with E-state index in [-0.39, 0.29) is 12.0 Å². The molecule has 1 aliphatic heterocycles. The van der Waals surface area contributed by atoms with Crippen molar-refractivity contribution < 1.29 is 9.53 Å². The lowest BCUT2D eigenvalue weighted by Crippen LogP contribution is -2.31. The molecule has 2 aliphatic rings. The minimum atomic E-state index is 0.00232. The second kappa shape index (κ2) is 6.36. The predicted molar refractivity (Wildman–Crippen MR) is 90.9 cm³/mol. The van der Waals surface area contributed by atoms with Crippen LogP contribution in [0.5, 0.6) is 0 Å². The first-order valence-electron chi connectivity index (χ1n) is 8.85. The number of ether oxygens (including phenoxy) is 1. The molecule has 0 saturated carbocycles. The summed E-state index contributed by atoms with van der Waals surface area (Å²) in [4.78, 5) is 16.2. The molecule has 1 amide bonds. The van der Waals surface area contributed by atoms with E-state index in [1.54, 1.807) is 0 Å². The molecule has 0 radical (unpaired) electrons. The molecule has 4 nitrogen and oxygen atoms in total. The van der Waals surface area contributed by atoms with Crippen molar-refractivity contribution in [1.29, 1.82) is 0 Å². The smallest absolute Gasteiger partial charge is 0.253 e. The summed E-state index contributed by atoms with van der Waals surface area (Å²) in [6.45, 7) is 1.43. The van der Waals surface area contributed by atoms with Gasteiger partial charge in [-0.1, -0.05) is 18.6 Å². The average molecular weight is 312 g/mol. The van der Waals surface area contributed by atoms with Crippen LogP contribution in [0.3, 0.4) is 0 Å². The standard InChI is InChI=1S/C19H24N2O2/c22-19(20-12-13-6-5-11-23-13)16-9-4-8-15-14-7-2-1-3-10-17(14)21-18(15)16/h4,8-9,13,21H,1-3,5-7,10-12H2,(H,20,22)/t13-/m1/s1. The van der Waals surface area contributed by atoms with Gasteiger partial charge in [-0.3, -0.25) is 4.79 Å². The van der Waals surface area contributed by atoms with Gasteiger partial charge < -0.3 is 15.0 Å². The van der Waals surface area contributed by atoms with E-state index in [1.165, 1.54) is 35.9 Å². The summed E-state index contributed by atoms with van der Waals surface area (Å²) in [6, 6.07) is 6.07. The third-order valence-electron chi connectivity index (χ3n) is 5.14. The fourth-order valence-electron chi connectivity index (χ4n) is 3.90. The van der Waals surface area contributed by atoms with Gasteiger partial charge in [-0.05, 0) is 50.2 Å². The summed E-state index contributed by atoms with van der Waals surface area (Å²) < 4.78 is 5.58. The Morgan fingerprint density at radius 1 is 1.22 bits per heavy atom. The zero-order valence-corrected chi connectivity index (χ0v) is 13.5. The van der Waals surface area contributed by atoms with E-state index in [0.717, 1.165) is 43.4 Å². The van der Waals surface area contributed by atoms with Crippen LogP contribution in [0.2, 0.25) is 0 Å². The van der Waals surface area contributed by atoms with E-state index < -0.39 is 0 Å². The van der Waals surface area contributed by atoms with E-state index >= 15 is 0 Å². The molecule has 1 saturated heterocycles. The van der Waals surface area contributed by atoms with Gasteiger partial charge in [-0.2, -0.15) is 0 Å². The van der Waals surface area contributed by atoms with Crippen LogP contribution in [-0.2, 0) is 17.6 Å². The highest BCUT2D eigenvalue weighted by molar-refractivity contribution is 6.06. The second-order valence-corrected chi connectivity index (χ2v) is 6.72. The van der Waals surface area contributed by atoms with Gasteiger partial charge >= 0.3 is 0 Å².